The van der Waals surface area contributed by atoms with Crippen molar-refractivity contribution < 1.29 is 4.92 Å². The van der Waals surface area contributed by atoms with Gasteiger partial charge in [-0.1, -0.05) is 12.1 Å². The third kappa shape index (κ3) is 2.35. The van der Waals surface area contributed by atoms with Gasteiger partial charge < -0.3 is 10.1 Å². The molecule has 0 aliphatic carbocycles. The lowest BCUT2D eigenvalue weighted by molar-refractivity contribution is -0.389. The summed E-state index contributed by atoms with van der Waals surface area (Å²) in [5.41, 5.74) is 1.53. The molecule has 24 heavy (non-hydrogen) atoms. The van der Waals surface area contributed by atoms with E-state index in [1.807, 2.05) is 24.3 Å². The van der Waals surface area contributed by atoms with Crippen LogP contribution in [-0.4, -0.2) is 29.7 Å². The Kier molecular flexibility index (Phi) is 3.20. The molecule has 1 aromatic carbocycles. The first-order valence-corrected chi connectivity index (χ1v) is 7.10. The van der Waals surface area contributed by atoms with Crippen molar-refractivity contribution in [2.45, 2.75) is 0 Å². The molecule has 0 aliphatic rings. The second kappa shape index (κ2) is 5.51. The Balaban J connectivity index is 1.97. The zero-order valence-electron chi connectivity index (χ0n) is 12.3. The van der Waals surface area contributed by atoms with Gasteiger partial charge >= 0.3 is 5.82 Å². The molecule has 3 aromatic heterocycles. The highest BCUT2D eigenvalue weighted by molar-refractivity contribution is 5.86. The number of pyridine rings is 1. The summed E-state index contributed by atoms with van der Waals surface area (Å²) >= 11 is 0. The highest BCUT2D eigenvalue weighted by Crippen LogP contribution is 2.24. The van der Waals surface area contributed by atoms with Gasteiger partial charge in [-0.3, -0.25) is 4.98 Å². The maximum Gasteiger partial charge on any atom is 0.390 e. The number of aromatic nitrogens is 5. The number of hydrogen-bond acceptors (Lipinski definition) is 6. The fraction of sp³-hybridized carbons (Fsp3) is 0. The summed E-state index contributed by atoms with van der Waals surface area (Å²) in [7, 11) is 0. The molecule has 0 radical (unpaired) electrons. The van der Waals surface area contributed by atoms with E-state index in [4.69, 9.17) is 0 Å². The molecule has 0 fully saturated rings. The molecule has 0 N–H and O–H groups in total. The predicted molar refractivity (Wildman–Crippen MR) is 86.5 cm³/mol. The Morgan fingerprint density at radius 3 is 2.54 bits per heavy atom. The zero-order valence-corrected chi connectivity index (χ0v) is 12.3. The van der Waals surface area contributed by atoms with E-state index in [2.05, 4.69) is 20.1 Å². The van der Waals surface area contributed by atoms with Crippen molar-refractivity contribution in [1.29, 1.82) is 0 Å². The molecule has 0 unspecified atom stereocenters. The van der Waals surface area contributed by atoms with Crippen molar-refractivity contribution in [2.24, 2.45) is 0 Å². The Labute approximate surface area is 135 Å². The third-order valence-electron chi connectivity index (χ3n) is 3.50. The summed E-state index contributed by atoms with van der Waals surface area (Å²) in [4.78, 5) is 23.5. The van der Waals surface area contributed by atoms with Crippen LogP contribution >= 0.6 is 0 Å². The summed E-state index contributed by atoms with van der Waals surface area (Å²) in [6.45, 7) is 0. The van der Waals surface area contributed by atoms with E-state index in [0.717, 1.165) is 16.5 Å². The van der Waals surface area contributed by atoms with E-state index in [0.29, 0.717) is 11.6 Å². The van der Waals surface area contributed by atoms with Crippen molar-refractivity contribution in [2.75, 3.05) is 0 Å². The van der Waals surface area contributed by atoms with Crippen molar-refractivity contribution in [3.63, 3.8) is 0 Å². The number of nitrogens with zero attached hydrogens (tertiary/aromatic N) is 6. The summed E-state index contributed by atoms with van der Waals surface area (Å²) in [5, 5.41) is 15.6. The number of nitro groups is 1. The van der Waals surface area contributed by atoms with Gasteiger partial charge in [0.2, 0.25) is 0 Å². The molecule has 116 valence electrons. The molecule has 0 spiro atoms. The number of fused-ring (bicyclic) bond motifs is 1. The summed E-state index contributed by atoms with van der Waals surface area (Å²) in [5.74, 6) is 0.757. The van der Waals surface area contributed by atoms with Crippen LogP contribution in [0.25, 0.3) is 28.1 Å². The lowest BCUT2D eigenvalue weighted by Crippen LogP contribution is -2.03. The Hall–Kier alpha value is -3.68. The van der Waals surface area contributed by atoms with E-state index in [1.54, 1.807) is 24.5 Å². The highest BCUT2D eigenvalue weighted by Gasteiger charge is 2.17. The van der Waals surface area contributed by atoms with E-state index < -0.39 is 4.92 Å². The SMILES string of the molecule is O=[N+]([O-])c1ccn(-c2nc(-c3ccncc3)nc3ccccc23)n1. The van der Waals surface area contributed by atoms with Crippen molar-refractivity contribution in [3.8, 4) is 17.2 Å². The van der Waals surface area contributed by atoms with Crippen LogP contribution in [0.3, 0.4) is 0 Å². The van der Waals surface area contributed by atoms with Gasteiger partial charge in [-0.2, -0.15) is 0 Å². The lowest BCUT2D eigenvalue weighted by atomic mass is 10.2. The standard InChI is InChI=1S/C16H10N6O2/c23-22(24)14-7-10-21(20-14)16-12-3-1-2-4-13(12)18-15(19-16)11-5-8-17-9-6-11/h1-10H. The molecule has 0 saturated heterocycles. The van der Waals surface area contributed by atoms with Gasteiger partial charge in [0.25, 0.3) is 0 Å². The first-order valence-electron chi connectivity index (χ1n) is 7.10. The largest absolute Gasteiger partial charge is 0.390 e. The second-order valence-electron chi connectivity index (χ2n) is 5.00. The fourth-order valence-electron chi connectivity index (χ4n) is 2.39. The minimum absolute atomic E-state index is 0.233. The smallest absolute Gasteiger partial charge is 0.358 e. The first-order chi connectivity index (χ1) is 11.7. The molecule has 0 bridgehead atoms. The molecule has 4 rings (SSSR count). The number of para-hydroxylation sites is 1. The summed E-state index contributed by atoms with van der Waals surface area (Å²) < 4.78 is 1.40. The normalized spacial score (nSPS) is 10.8. The van der Waals surface area contributed by atoms with E-state index in [9.17, 15) is 10.1 Å². The second-order valence-corrected chi connectivity index (χ2v) is 5.00. The first kappa shape index (κ1) is 13.9. The topological polar surface area (TPSA) is 99.6 Å². The third-order valence-corrected chi connectivity index (χ3v) is 3.50. The van der Waals surface area contributed by atoms with Gasteiger partial charge in [0.15, 0.2) is 11.6 Å². The van der Waals surface area contributed by atoms with Crippen LogP contribution in [0.1, 0.15) is 0 Å². The van der Waals surface area contributed by atoms with Gasteiger partial charge in [0, 0.05) is 23.3 Å². The van der Waals surface area contributed by atoms with Crippen LogP contribution in [0.2, 0.25) is 0 Å². The Bertz CT molecular complexity index is 1040. The van der Waals surface area contributed by atoms with E-state index in [1.165, 1.54) is 16.9 Å². The van der Waals surface area contributed by atoms with Crippen LogP contribution in [-0.2, 0) is 0 Å². The monoisotopic (exact) mass is 318 g/mol. The number of rotatable bonds is 3. The molecular weight excluding hydrogens is 308 g/mol. The van der Waals surface area contributed by atoms with Gasteiger partial charge in [-0.15, -0.1) is 4.68 Å². The van der Waals surface area contributed by atoms with Crippen molar-refractivity contribution in [3.05, 3.63) is 71.2 Å². The molecule has 0 atom stereocenters. The van der Waals surface area contributed by atoms with Crippen molar-refractivity contribution in [1.82, 2.24) is 24.7 Å². The van der Waals surface area contributed by atoms with E-state index >= 15 is 0 Å². The van der Waals surface area contributed by atoms with Crippen LogP contribution < -0.4 is 0 Å². The zero-order chi connectivity index (χ0) is 16.5. The molecule has 8 heteroatoms. The average molecular weight is 318 g/mol. The van der Waals surface area contributed by atoms with Crippen LogP contribution in [0, 0.1) is 10.1 Å². The molecule has 0 saturated carbocycles. The average Bonchev–Trinajstić information content (AvgIpc) is 3.12. The van der Waals surface area contributed by atoms with Gasteiger partial charge in [0.05, 0.1) is 22.9 Å². The van der Waals surface area contributed by atoms with Gasteiger partial charge in [-0.25, -0.2) is 9.97 Å². The summed E-state index contributed by atoms with van der Waals surface area (Å²) in [6.07, 6.45) is 4.84. The van der Waals surface area contributed by atoms with E-state index in [-0.39, 0.29) is 5.82 Å². The summed E-state index contributed by atoms with van der Waals surface area (Å²) in [6, 6.07) is 12.4. The minimum Gasteiger partial charge on any atom is -0.358 e. The number of benzene rings is 1. The van der Waals surface area contributed by atoms with Crippen LogP contribution in [0.4, 0.5) is 5.82 Å². The molecule has 4 aromatic rings. The maximum absolute atomic E-state index is 10.9. The fourth-order valence-corrected chi connectivity index (χ4v) is 2.39. The van der Waals surface area contributed by atoms with Crippen LogP contribution in [0.5, 0.6) is 0 Å². The Morgan fingerprint density at radius 1 is 1.00 bits per heavy atom. The molecule has 8 nitrogen and oxygen atoms in total. The van der Waals surface area contributed by atoms with Crippen LogP contribution in [0.15, 0.2) is 61.1 Å². The van der Waals surface area contributed by atoms with Gasteiger partial charge in [-0.05, 0) is 29.2 Å². The Morgan fingerprint density at radius 2 is 1.79 bits per heavy atom. The number of hydrogen-bond donors (Lipinski definition) is 0. The molecule has 0 amide bonds. The molecule has 0 aliphatic heterocycles. The van der Waals surface area contributed by atoms with Gasteiger partial charge in [0.1, 0.15) is 0 Å². The highest BCUT2D eigenvalue weighted by atomic mass is 16.6. The maximum atomic E-state index is 10.9. The quantitative estimate of drug-likeness (QED) is 0.425. The predicted octanol–water partition coefficient (Wildman–Crippen LogP) is 2.79. The lowest BCUT2D eigenvalue weighted by Gasteiger charge is -2.06. The molecule has 3 heterocycles. The molecular formula is C16H10N6O2. The van der Waals surface area contributed by atoms with Crippen molar-refractivity contribution >= 4 is 16.7 Å². The minimum atomic E-state index is -0.538.